The molecule has 1 aliphatic rings. The summed E-state index contributed by atoms with van der Waals surface area (Å²) in [7, 11) is 0. The molecule has 20 heavy (non-hydrogen) atoms. The topological polar surface area (TPSA) is 64.4 Å². The van der Waals surface area contributed by atoms with E-state index in [4.69, 9.17) is 4.74 Å². The summed E-state index contributed by atoms with van der Waals surface area (Å²) >= 11 is 0. The largest absolute Gasteiger partial charge is 0.487 e. The number of rotatable bonds is 6. The molecular formula is C15H22N2O3. The van der Waals surface area contributed by atoms with Gasteiger partial charge in [0.1, 0.15) is 5.69 Å². The summed E-state index contributed by atoms with van der Waals surface area (Å²) in [5.41, 5.74) is 0.608. The molecule has 0 radical (unpaired) electrons. The Kier molecular flexibility index (Phi) is 5.21. The highest BCUT2D eigenvalue weighted by atomic mass is 16.6. The number of hydrogen-bond donors (Lipinski definition) is 1. The van der Waals surface area contributed by atoms with Crippen molar-refractivity contribution in [3.8, 4) is 5.75 Å². The van der Waals surface area contributed by atoms with Gasteiger partial charge in [-0.2, -0.15) is 0 Å². The van der Waals surface area contributed by atoms with Crippen LogP contribution in [0.3, 0.4) is 0 Å². The first-order valence-corrected chi connectivity index (χ1v) is 7.36. The molecule has 1 aliphatic carbocycles. The number of nitrogens with one attached hydrogen (secondary N) is 1. The molecule has 0 spiro atoms. The lowest BCUT2D eigenvalue weighted by Crippen LogP contribution is -2.17. The smallest absolute Gasteiger partial charge is 0.333 e. The van der Waals surface area contributed by atoms with Gasteiger partial charge in [-0.15, -0.1) is 0 Å². The van der Waals surface area contributed by atoms with Crippen molar-refractivity contribution >= 4 is 11.4 Å². The van der Waals surface area contributed by atoms with Crippen molar-refractivity contribution in [1.29, 1.82) is 0 Å². The molecule has 5 nitrogen and oxygen atoms in total. The molecule has 1 saturated carbocycles. The number of benzene rings is 1. The number of nitrogens with zero attached hydrogens (tertiary/aromatic N) is 1. The fourth-order valence-electron chi connectivity index (χ4n) is 2.77. The first kappa shape index (κ1) is 14.6. The molecule has 0 amide bonds. The van der Waals surface area contributed by atoms with Crippen LogP contribution in [0, 0.1) is 16.0 Å². The van der Waals surface area contributed by atoms with Crippen LogP contribution in [-0.4, -0.2) is 18.1 Å². The average molecular weight is 278 g/mol. The van der Waals surface area contributed by atoms with Crippen LogP contribution < -0.4 is 10.1 Å². The number of anilines is 1. The monoisotopic (exact) mass is 278 g/mol. The molecule has 0 unspecified atom stereocenters. The Morgan fingerprint density at radius 3 is 2.75 bits per heavy atom. The minimum Gasteiger partial charge on any atom is -0.487 e. The highest BCUT2D eigenvalue weighted by Gasteiger charge is 2.22. The van der Waals surface area contributed by atoms with Crippen LogP contribution in [0.1, 0.15) is 39.0 Å². The van der Waals surface area contributed by atoms with Gasteiger partial charge in [-0.3, -0.25) is 10.1 Å². The SMILES string of the molecule is CCOc1cccc(NCC2CCCCC2)c1[N+](=O)[O-]. The maximum atomic E-state index is 11.3. The maximum Gasteiger partial charge on any atom is 0.333 e. The zero-order valence-electron chi connectivity index (χ0n) is 11.9. The van der Waals surface area contributed by atoms with Gasteiger partial charge in [0.25, 0.3) is 0 Å². The highest BCUT2D eigenvalue weighted by molar-refractivity contribution is 5.68. The molecule has 1 aromatic carbocycles. The van der Waals surface area contributed by atoms with Crippen LogP contribution in [0.15, 0.2) is 18.2 Å². The maximum absolute atomic E-state index is 11.3. The molecule has 1 N–H and O–H groups in total. The van der Waals surface area contributed by atoms with E-state index in [2.05, 4.69) is 5.32 Å². The molecule has 0 aliphatic heterocycles. The van der Waals surface area contributed by atoms with Crippen molar-refractivity contribution in [2.75, 3.05) is 18.5 Å². The Balaban J connectivity index is 2.09. The third-order valence-corrected chi connectivity index (χ3v) is 3.79. The summed E-state index contributed by atoms with van der Waals surface area (Å²) in [6.45, 7) is 3.05. The summed E-state index contributed by atoms with van der Waals surface area (Å²) in [4.78, 5) is 10.9. The molecule has 5 heteroatoms. The van der Waals surface area contributed by atoms with E-state index in [0.717, 1.165) is 6.54 Å². The normalized spacial score (nSPS) is 15.8. The first-order valence-electron chi connectivity index (χ1n) is 7.36. The van der Waals surface area contributed by atoms with E-state index in [1.54, 1.807) is 18.2 Å². The average Bonchev–Trinajstić information content (AvgIpc) is 2.46. The second kappa shape index (κ2) is 7.12. The number of ether oxygens (including phenoxy) is 1. The van der Waals surface area contributed by atoms with E-state index >= 15 is 0 Å². The van der Waals surface area contributed by atoms with Gasteiger partial charge in [0, 0.05) is 6.54 Å². The van der Waals surface area contributed by atoms with Gasteiger partial charge in [0.15, 0.2) is 5.75 Å². The van der Waals surface area contributed by atoms with Gasteiger partial charge in [-0.1, -0.05) is 25.3 Å². The lowest BCUT2D eigenvalue weighted by molar-refractivity contribution is -0.384. The zero-order valence-corrected chi connectivity index (χ0v) is 11.9. The zero-order chi connectivity index (χ0) is 14.4. The molecule has 110 valence electrons. The van der Waals surface area contributed by atoms with Crippen molar-refractivity contribution in [2.24, 2.45) is 5.92 Å². The Morgan fingerprint density at radius 2 is 2.10 bits per heavy atom. The van der Waals surface area contributed by atoms with Gasteiger partial charge in [0.2, 0.25) is 0 Å². The Labute approximate surface area is 119 Å². The van der Waals surface area contributed by atoms with E-state index in [1.807, 2.05) is 6.92 Å². The van der Waals surface area contributed by atoms with Crippen molar-refractivity contribution in [2.45, 2.75) is 39.0 Å². The molecule has 0 aromatic heterocycles. The minimum atomic E-state index is -0.367. The second-order valence-electron chi connectivity index (χ2n) is 5.23. The van der Waals surface area contributed by atoms with E-state index in [1.165, 1.54) is 32.1 Å². The van der Waals surface area contributed by atoms with Crippen molar-refractivity contribution < 1.29 is 9.66 Å². The summed E-state index contributed by atoms with van der Waals surface area (Å²) < 4.78 is 5.35. The predicted octanol–water partition coefficient (Wildman–Crippen LogP) is 3.99. The van der Waals surface area contributed by atoms with Crippen LogP contribution in [0.5, 0.6) is 5.75 Å². The molecule has 2 rings (SSSR count). The van der Waals surface area contributed by atoms with E-state index < -0.39 is 0 Å². The standard InChI is InChI=1S/C15H22N2O3/c1-2-20-14-10-6-9-13(15(14)17(18)19)16-11-12-7-4-3-5-8-12/h6,9-10,12,16H,2-5,7-8,11H2,1H3. The molecule has 0 saturated heterocycles. The fraction of sp³-hybridized carbons (Fsp3) is 0.600. The number of nitro benzene ring substituents is 1. The van der Waals surface area contributed by atoms with Crippen molar-refractivity contribution in [3.63, 3.8) is 0 Å². The lowest BCUT2D eigenvalue weighted by Gasteiger charge is -2.22. The van der Waals surface area contributed by atoms with E-state index in [0.29, 0.717) is 24.0 Å². The predicted molar refractivity (Wildman–Crippen MR) is 79.3 cm³/mol. The Bertz CT molecular complexity index is 456. The summed E-state index contributed by atoms with van der Waals surface area (Å²) in [6.07, 6.45) is 6.29. The molecule has 0 atom stereocenters. The quantitative estimate of drug-likeness (QED) is 0.631. The summed E-state index contributed by atoms with van der Waals surface area (Å²) in [5, 5.41) is 14.5. The Hall–Kier alpha value is -1.78. The number of para-hydroxylation sites is 1. The highest BCUT2D eigenvalue weighted by Crippen LogP contribution is 2.35. The van der Waals surface area contributed by atoms with Gasteiger partial charge in [0.05, 0.1) is 11.5 Å². The first-order chi connectivity index (χ1) is 9.72. The lowest BCUT2D eigenvalue weighted by atomic mass is 9.89. The Morgan fingerprint density at radius 1 is 1.35 bits per heavy atom. The fourth-order valence-corrected chi connectivity index (χ4v) is 2.77. The van der Waals surface area contributed by atoms with Gasteiger partial charge in [-0.25, -0.2) is 0 Å². The molecule has 1 aromatic rings. The molecule has 0 heterocycles. The van der Waals surface area contributed by atoms with Crippen LogP contribution in [0.4, 0.5) is 11.4 Å². The van der Waals surface area contributed by atoms with Crippen molar-refractivity contribution in [3.05, 3.63) is 28.3 Å². The third-order valence-electron chi connectivity index (χ3n) is 3.79. The summed E-state index contributed by atoms with van der Waals surface area (Å²) in [5.74, 6) is 0.963. The van der Waals surface area contributed by atoms with Crippen LogP contribution >= 0.6 is 0 Å². The van der Waals surface area contributed by atoms with Crippen LogP contribution in [0.2, 0.25) is 0 Å². The molecule has 0 bridgehead atoms. The molecule has 1 fully saturated rings. The van der Waals surface area contributed by atoms with Crippen molar-refractivity contribution in [1.82, 2.24) is 0 Å². The minimum absolute atomic E-state index is 0.0464. The van der Waals surface area contributed by atoms with E-state index in [-0.39, 0.29) is 10.6 Å². The van der Waals surface area contributed by atoms with Gasteiger partial charge in [-0.05, 0) is 37.8 Å². The number of nitro groups is 1. The summed E-state index contributed by atoms with van der Waals surface area (Å²) in [6, 6.07) is 5.19. The second-order valence-corrected chi connectivity index (χ2v) is 5.23. The van der Waals surface area contributed by atoms with Gasteiger partial charge >= 0.3 is 5.69 Å². The van der Waals surface area contributed by atoms with Crippen LogP contribution in [0.25, 0.3) is 0 Å². The molecular weight excluding hydrogens is 256 g/mol. The van der Waals surface area contributed by atoms with Gasteiger partial charge < -0.3 is 10.1 Å². The number of hydrogen-bond acceptors (Lipinski definition) is 4. The van der Waals surface area contributed by atoms with E-state index in [9.17, 15) is 10.1 Å². The third kappa shape index (κ3) is 3.62. The van der Waals surface area contributed by atoms with Crippen LogP contribution in [-0.2, 0) is 0 Å².